The molecule has 110 valence electrons. The van der Waals surface area contributed by atoms with Gasteiger partial charge in [-0.2, -0.15) is 13.2 Å². The van der Waals surface area contributed by atoms with Gasteiger partial charge in [0.05, 0.1) is 10.6 Å². The lowest BCUT2D eigenvalue weighted by Gasteiger charge is -2.10. The van der Waals surface area contributed by atoms with Gasteiger partial charge in [0.2, 0.25) is 0 Å². The number of carbonyl (C=O) groups excluding carboxylic acids is 1. The van der Waals surface area contributed by atoms with E-state index in [0.717, 1.165) is 6.07 Å². The number of hydrogen-bond acceptors (Lipinski definition) is 2. The molecule has 0 aliphatic heterocycles. The number of pyridine rings is 1. The van der Waals surface area contributed by atoms with Crippen LogP contribution >= 0.6 is 11.6 Å². The predicted molar refractivity (Wildman–Crippen MR) is 68.6 cm³/mol. The van der Waals surface area contributed by atoms with Gasteiger partial charge in [-0.3, -0.25) is 4.79 Å². The van der Waals surface area contributed by atoms with E-state index in [9.17, 15) is 22.4 Å². The fraction of sp³-hybridized carbons (Fsp3) is 0.0769. The molecule has 2 aromatic rings. The number of nitrogens with zero attached hydrogens (tertiary/aromatic N) is 1. The Bertz CT molecular complexity index is 688. The molecule has 1 aromatic heterocycles. The van der Waals surface area contributed by atoms with E-state index in [0.29, 0.717) is 12.1 Å². The van der Waals surface area contributed by atoms with Gasteiger partial charge >= 0.3 is 6.18 Å². The first-order chi connectivity index (χ1) is 9.79. The van der Waals surface area contributed by atoms with Crippen molar-refractivity contribution < 1.29 is 22.4 Å². The molecule has 3 nitrogen and oxygen atoms in total. The van der Waals surface area contributed by atoms with Crippen LogP contribution in [-0.4, -0.2) is 10.9 Å². The lowest BCUT2D eigenvalue weighted by Crippen LogP contribution is -2.16. The third kappa shape index (κ3) is 3.49. The third-order valence-electron chi connectivity index (χ3n) is 2.52. The summed E-state index contributed by atoms with van der Waals surface area (Å²) in [5.41, 5.74) is -1.87. The van der Waals surface area contributed by atoms with Crippen LogP contribution in [0, 0.1) is 5.82 Å². The van der Waals surface area contributed by atoms with Crippen LogP contribution in [-0.2, 0) is 6.18 Å². The van der Waals surface area contributed by atoms with Gasteiger partial charge in [0, 0.05) is 11.8 Å². The Hall–Kier alpha value is -2.15. The summed E-state index contributed by atoms with van der Waals surface area (Å²) in [6, 6.07) is 4.93. The number of benzene rings is 1. The summed E-state index contributed by atoms with van der Waals surface area (Å²) >= 11 is 5.77. The molecule has 1 amide bonds. The third-order valence-corrected chi connectivity index (χ3v) is 2.83. The van der Waals surface area contributed by atoms with Crippen LogP contribution in [0.25, 0.3) is 0 Å². The zero-order valence-electron chi connectivity index (χ0n) is 10.2. The minimum atomic E-state index is -4.89. The summed E-state index contributed by atoms with van der Waals surface area (Å²) in [6.07, 6.45) is -3.53. The lowest BCUT2D eigenvalue weighted by molar-refractivity contribution is -0.140. The van der Waals surface area contributed by atoms with Gasteiger partial charge in [0.25, 0.3) is 5.91 Å². The summed E-state index contributed by atoms with van der Waals surface area (Å²) in [5, 5.41) is 2.38. The first-order valence-electron chi connectivity index (χ1n) is 5.57. The van der Waals surface area contributed by atoms with Crippen molar-refractivity contribution in [3.63, 3.8) is 0 Å². The summed E-state index contributed by atoms with van der Waals surface area (Å²) in [4.78, 5) is 15.6. The van der Waals surface area contributed by atoms with E-state index in [4.69, 9.17) is 11.6 Å². The number of aromatic nitrogens is 1. The maximum Gasteiger partial charge on any atom is 0.419 e. The minimum Gasteiger partial charge on any atom is -0.305 e. The molecule has 1 heterocycles. The second-order valence-corrected chi connectivity index (χ2v) is 4.39. The summed E-state index contributed by atoms with van der Waals surface area (Å²) in [6.45, 7) is 0. The number of rotatable bonds is 2. The Morgan fingerprint density at radius 1 is 1.24 bits per heavy atom. The molecule has 0 spiro atoms. The molecule has 0 unspecified atom stereocenters. The Labute approximate surface area is 121 Å². The molecule has 0 aliphatic rings. The first-order valence-corrected chi connectivity index (χ1v) is 5.95. The van der Waals surface area contributed by atoms with E-state index in [1.807, 2.05) is 0 Å². The molecule has 1 N–H and O–H groups in total. The highest BCUT2D eigenvalue weighted by Gasteiger charge is 2.34. The van der Waals surface area contributed by atoms with Gasteiger partial charge in [-0.05, 0) is 30.3 Å². The van der Waals surface area contributed by atoms with Crippen LogP contribution in [0.1, 0.15) is 15.9 Å². The summed E-state index contributed by atoms with van der Waals surface area (Å²) in [5.74, 6) is -2.32. The molecule has 21 heavy (non-hydrogen) atoms. The molecule has 0 radical (unpaired) electrons. The topological polar surface area (TPSA) is 42.0 Å². The number of amides is 1. The van der Waals surface area contributed by atoms with Crippen LogP contribution in [0.4, 0.5) is 23.4 Å². The first kappa shape index (κ1) is 15.2. The lowest BCUT2D eigenvalue weighted by atomic mass is 10.1. The average molecular weight is 319 g/mol. The van der Waals surface area contributed by atoms with Crippen LogP contribution in [0.2, 0.25) is 5.02 Å². The van der Waals surface area contributed by atoms with E-state index in [2.05, 4.69) is 10.3 Å². The van der Waals surface area contributed by atoms with E-state index < -0.39 is 23.5 Å². The predicted octanol–water partition coefficient (Wildman–Crippen LogP) is 4.15. The van der Waals surface area contributed by atoms with Crippen molar-refractivity contribution in [2.24, 2.45) is 0 Å². The smallest absolute Gasteiger partial charge is 0.305 e. The summed E-state index contributed by atoms with van der Waals surface area (Å²) in [7, 11) is 0. The van der Waals surface area contributed by atoms with Gasteiger partial charge < -0.3 is 5.32 Å². The Kier molecular flexibility index (Phi) is 4.13. The molecular formula is C13H7ClF4N2O. The molecule has 0 bridgehead atoms. The van der Waals surface area contributed by atoms with Gasteiger partial charge in [0.15, 0.2) is 5.82 Å². The zero-order valence-corrected chi connectivity index (χ0v) is 11.0. The fourth-order valence-corrected chi connectivity index (χ4v) is 1.71. The molecule has 0 saturated heterocycles. The fourth-order valence-electron chi connectivity index (χ4n) is 1.54. The second-order valence-electron chi connectivity index (χ2n) is 3.98. The largest absolute Gasteiger partial charge is 0.419 e. The van der Waals surface area contributed by atoms with Gasteiger partial charge in [0.1, 0.15) is 5.82 Å². The highest BCUT2D eigenvalue weighted by atomic mass is 35.5. The van der Waals surface area contributed by atoms with Crippen molar-refractivity contribution in [3.05, 3.63) is 58.5 Å². The molecule has 1 aromatic carbocycles. The minimum absolute atomic E-state index is 0.00190. The number of carbonyl (C=O) groups is 1. The van der Waals surface area contributed by atoms with E-state index in [1.165, 1.54) is 18.3 Å². The van der Waals surface area contributed by atoms with Gasteiger partial charge in [-0.1, -0.05) is 11.6 Å². The molecule has 0 atom stereocenters. The van der Waals surface area contributed by atoms with Crippen molar-refractivity contribution >= 4 is 23.3 Å². The average Bonchev–Trinajstić information content (AvgIpc) is 2.40. The van der Waals surface area contributed by atoms with Crippen LogP contribution in [0.15, 0.2) is 36.5 Å². The van der Waals surface area contributed by atoms with E-state index in [-0.39, 0.29) is 16.4 Å². The monoisotopic (exact) mass is 318 g/mol. The SMILES string of the molecule is O=C(Nc1ncccc1Cl)c1ccc(F)c(C(F)(F)F)c1. The van der Waals surface area contributed by atoms with Crippen LogP contribution in [0.3, 0.4) is 0 Å². The maximum atomic E-state index is 13.1. The van der Waals surface area contributed by atoms with Gasteiger partial charge in [-0.15, -0.1) is 0 Å². The Balaban J connectivity index is 2.31. The summed E-state index contributed by atoms with van der Waals surface area (Å²) < 4.78 is 50.9. The molecule has 0 aliphatic carbocycles. The highest BCUT2D eigenvalue weighted by molar-refractivity contribution is 6.33. The van der Waals surface area contributed by atoms with Gasteiger partial charge in [-0.25, -0.2) is 9.37 Å². The van der Waals surface area contributed by atoms with Crippen LogP contribution < -0.4 is 5.32 Å². The number of halogens is 5. The highest BCUT2D eigenvalue weighted by Crippen LogP contribution is 2.32. The van der Waals surface area contributed by atoms with Crippen molar-refractivity contribution in [3.8, 4) is 0 Å². The zero-order chi connectivity index (χ0) is 15.6. The van der Waals surface area contributed by atoms with Crippen molar-refractivity contribution in [1.29, 1.82) is 0 Å². The Morgan fingerprint density at radius 3 is 2.57 bits per heavy atom. The maximum absolute atomic E-state index is 13.1. The molecule has 2 rings (SSSR count). The number of alkyl halides is 3. The Morgan fingerprint density at radius 2 is 1.95 bits per heavy atom. The number of anilines is 1. The number of nitrogens with one attached hydrogen (secondary N) is 1. The second kappa shape index (κ2) is 5.69. The van der Waals surface area contributed by atoms with E-state index in [1.54, 1.807) is 0 Å². The normalized spacial score (nSPS) is 11.3. The molecular weight excluding hydrogens is 312 g/mol. The number of hydrogen-bond donors (Lipinski definition) is 1. The standard InChI is InChI=1S/C13H7ClF4N2O/c14-9-2-1-5-19-11(9)20-12(21)7-3-4-10(15)8(6-7)13(16,17)18/h1-6H,(H,19,20,21). The van der Waals surface area contributed by atoms with Crippen LogP contribution in [0.5, 0.6) is 0 Å². The quantitative estimate of drug-likeness (QED) is 0.845. The van der Waals surface area contributed by atoms with E-state index >= 15 is 0 Å². The molecule has 8 heteroatoms. The molecule has 0 fully saturated rings. The van der Waals surface area contributed by atoms with Crippen molar-refractivity contribution in [2.75, 3.05) is 5.32 Å². The van der Waals surface area contributed by atoms with Crippen molar-refractivity contribution in [1.82, 2.24) is 4.98 Å². The molecule has 0 saturated carbocycles. The van der Waals surface area contributed by atoms with Crippen molar-refractivity contribution in [2.45, 2.75) is 6.18 Å².